The maximum Gasteiger partial charge on any atom is 0.254 e. The summed E-state index contributed by atoms with van der Waals surface area (Å²) < 4.78 is 1.08. The molecule has 0 aliphatic carbocycles. The van der Waals surface area contributed by atoms with E-state index in [4.69, 9.17) is 0 Å². The number of fused-ring (bicyclic) bond motifs is 1. The molecule has 1 aliphatic rings. The molecule has 0 spiro atoms. The fraction of sp³-hybridized carbons (Fsp3) is 0.250. The van der Waals surface area contributed by atoms with E-state index >= 15 is 0 Å². The van der Waals surface area contributed by atoms with Gasteiger partial charge in [-0.3, -0.25) is 4.79 Å². The Hall–Kier alpha value is -1.72. The van der Waals surface area contributed by atoms with Crippen molar-refractivity contribution >= 4 is 38.8 Å². The number of hydrogen-bond donors (Lipinski definition) is 0. The molecule has 1 atom stereocenters. The Kier molecular flexibility index (Phi) is 3.24. The number of likely N-dealkylation sites (tertiary alicyclic amines) is 1. The fourth-order valence-electron chi connectivity index (χ4n) is 2.94. The minimum atomic E-state index is 0.140. The van der Waals surface area contributed by atoms with Gasteiger partial charge in [0.05, 0.1) is 21.8 Å². The molecule has 2 aromatic heterocycles. The molecule has 0 radical (unpaired) electrons. The third kappa shape index (κ3) is 2.26. The topological polar surface area (TPSA) is 33.2 Å². The van der Waals surface area contributed by atoms with Crippen LogP contribution in [0, 0.1) is 0 Å². The van der Waals surface area contributed by atoms with Gasteiger partial charge in [-0.05, 0) is 42.5 Å². The highest BCUT2D eigenvalue weighted by Crippen LogP contribution is 2.35. The Morgan fingerprint density at radius 3 is 3.10 bits per heavy atom. The highest BCUT2D eigenvalue weighted by molar-refractivity contribution is 7.16. The quantitative estimate of drug-likeness (QED) is 0.705. The average molecular weight is 314 g/mol. The molecule has 1 amide bonds. The maximum absolute atomic E-state index is 12.8. The van der Waals surface area contributed by atoms with E-state index < -0.39 is 0 Å². The molecule has 3 aromatic rings. The molecule has 1 saturated heterocycles. The highest BCUT2D eigenvalue weighted by atomic mass is 32.1. The first-order valence-corrected chi connectivity index (χ1v) is 8.76. The lowest BCUT2D eigenvalue weighted by Crippen LogP contribution is -2.30. The van der Waals surface area contributed by atoms with Crippen LogP contribution in [0.2, 0.25) is 0 Å². The van der Waals surface area contributed by atoms with Gasteiger partial charge in [0.2, 0.25) is 0 Å². The highest BCUT2D eigenvalue weighted by Gasteiger charge is 2.31. The summed E-state index contributed by atoms with van der Waals surface area (Å²) in [6.45, 7) is 0.849. The number of hydrogen-bond acceptors (Lipinski definition) is 4. The Bertz CT molecular complexity index is 779. The molecule has 1 fully saturated rings. The number of carbonyl (C=O) groups is 1. The minimum absolute atomic E-state index is 0.140. The van der Waals surface area contributed by atoms with Crippen LogP contribution in [0.4, 0.5) is 0 Å². The van der Waals surface area contributed by atoms with Crippen molar-refractivity contribution in [1.29, 1.82) is 0 Å². The van der Waals surface area contributed by atoms with Crippen molar-refractivity contribution in [3.8, 4) is 0 Å². The van der Waals surface area contributed by atoms with E-state index in [0.717, 1.165) is 35.2 Å². The second-order valence-electron chi connectivity index (χ2n) is 5.21. The van der Waals surface area contributed by atoms with Crippen LogP contribution in [-0.4, -0.2) is 22.3 Å². The van der Waals surface area contributed by atoms with Gasteiger partial charge in [-0.25, -0.2) is 4.98 Å². The predicted octanol–water partition coefficient (Wildman–Crippen LogP) is 4.34. The smallest absolute Gasteiger partial charge is 0.254 e. The predicted molar refractivity (Wildman–Crippen MR) is 87.0 cm³/mol. The summed E-state index contributed by atoms with van der Waals surface area (Å²) in [5, 5.41) is 2.08. The van der Waals surface area contributed by atoms with Crippen molar-refractivity contribution in [3.05, 3.63) is 51.7 Å². The number of benzene rings is 1. The number of amides is 1. The number of aromatic nitrogens is 1. The van der Waals surface area contributed by atoms with Gasteiger partial charge in [-0.15, -0.1) is 22.7 Å². The molecule has 21 heavy (non-hydrogen) atoms. The first-order chi connectivity index (χ1) is 10.3. The van der Waals surface area contributed by atoms with E-state index in [1.165, 1.54) is 4.88 Å². The van der Waals surface area contributed by atoms with Gasteiger partial charge in [0.25, 0.3) is 5.91 Å². The number of thiophene rings is 1. The average Bonchev–Trinajstić information content (AvgIpc) is 3.24. The summed E-state index contributed by atoms with van der Waals surface area (Å²) in [6.07, 6.45) is 2.15. The van der Waals surface area contributed by atoms with Gasteiger partial charge in [-0.2, -0.15) is 0 Å². The van der Waals surface area contributed by atoms with E-state index in [2.05, 4.69) is 22.5 Å². The molecule has 106 valence electrons. The lowest BCUT2D eigenvalue weighted by Gasteiger charge is -2.24. The van der Waals surface area contributed by atoms with Crippen LogP contribution < -0.4 is 0 Å². The van der Waals surface area contributed by atoms with Gasteiger partial charge in [0, 0.05) is 17.0 Å². The Morgan fingerprint density at radius 2 is 2.24 bits per heavy atom. The number of rotatable bonds is 2. The summed E-state index contributed by atoms with van der Waals surface area (Å²) in [5.74, 6) is 0.140. The van der Waals surface area contributed by atoms with Crippen LogP contribution in [-0.2, 0) is 0 Å². The molecule has 1 aliphatic heterocycles. The third-order valence-electron chi connectivity index (χ3n) is 3.96. The van der Waals surface area contributed by atoms with Crippen molar-refractivity contribution in [2.45, 2.75) is 18.9 Å². The molecule has 3 nitrogen and oxygen atoms in total. The summed E-state index contributed by atoms with van der Waals surface area (Å²) in [7, 11) is 0. The van der Waals surface area contributed by atoms with Gasteiger partial charge in [-0.1, -0.05) is 6.07 Å². The largest absolute Gasteiger partial charge is 0.331 e. The van der Waals surface area contributed by atoms with Crippen molar-refractivity contribution in [2.24, 2.45) is 0 Å². The second kappa shape index (κ2) is 5.24. The third-order valence-corrected chi connectivity index (χ3v) is 5.73. The van der Waals surface area contributed by atoms with Crippen molar-refractivity contribution in [2.75, 3.05) is 6.54 Å². The monoisotopic (exact) mass is 314 g/mol. The normalized spacial score (nSPS) is 18.5. The number of thiazole rings is 1. The summed E-state index contributed by atoms with van der Waals surface area (Å²) in [4.78, 5) is 20.4. The Morgan fingerprint density at radius 1 is 1.29 bits per heavy atom. The van der Waals surface area contributed by atoms with Crippen LogP contribution in [0.25, 0.3) is 10.2 Å². The number of carbonyl (C=O) groups excluding carboxylic acids is 1. The molecule has 3 heterocycles. The minimum Gasteiger partial charge on any atom is -0.331 e. The zero-order valence-corrected chi connectivity index (χ0v) is 13.0. The molecule has 0 N–H and O–H groups in total. The van der Waals surface area contributed by atoms with Crippen molar-refractivity contribution in [1.82, 2.24) is 9.88 Å². The van der Waals surface area contributed by atoms with E-state index in [1.54, 1.807) is 22.7 Å². The van der Waals surface area contributed by atoms with E-state index in [0.29, 0.717) is 0 Å². The lowest BCUT2D eigenvalue weighted by atomic mass is 10.1. The first-order valence-electron chi connectivity index (χ1n) is 7.00. The molecule has 0 saturated carbocycles. The maximum atomic E-state index is 12.8. The van der Waals surface area contributed by atoms with E-state index in [-0.39, 0.29) is 11.9 Å². The lowest BCUT2D eigenvalue weighted by molar-refractivity contribution is 0.0738. The van der Waals surface area contributed by atoms with Crippen molar-refractivity contribution in [3.63, 3.8) is 0 Å². The standard InChI is InChI=1S/C16H14N2OS2/c19-16(11-5-6-12-15(9-11)21-10-17-12)18-7-1-3-13(18)14-4-2-8-20-14/h2,4-6,8-10,13H,1,3,7H2/t13-/m0/s1. The van der Waals surface area contributed by atoms with E-state index in [1.807, 2.05) is 28.6 Å². The van der Waals surface area contributed by atoms with Gasteiger partial charge in [0.1, 0.15) is 0 Å². The fourth-order valence-corrected chi connectivity index (χ4v) is 4.53. The Labute approximate surface area is 130 Å². The van der Waals surface area contributed by atoms with Crippen LogP contribution in [0.3, 0.4) is 0 Å². The van der Waals surface area contributed by atoms with Gasteiger partial charge >= 0.3 is 0 Å². The SMILES string of the molecule is O=C(c1ccc2ncsc2c1)N1CCC[C@H]1c1cccs1. The zero-order chi connectivity index (χ0) is 14.2. The van der Waals surface area contributed by atoms with Gasteiger partial charge < -0.3 is 4.90 Å². The van der Waals surface area contributed by atoms with Gasteiger partial charge in [0.15, 0.2) is 0 Å². The summed E-state index contributed by atoms with van der Waals surface area (Å²) >= 11 is 3.32. The first kappa shape index (κ1) is 13.0. The molecular weight excluding hydrogens is 300 g/mol. The van der Waals surface area contributed by atoms with E-state index in [9.17, 15) is 4.79 Å². The van der Waals surface area contributed by atoms with Crippen LogP contribution in [0.1, 0.15) is 34.1 Å². The molecule has 0 unspecified atom stereocenters. The van der Waals surface area contributed by atoms with Crippen LogP contribution in [0.5, 0.6) is 0 Å². The molecular formula is C16H14N2OS2. The summed E-state index contributed by atoms with van der Waals surface area (Å²) in [5.41, 5.74) is 3.56. The molecule has 4 rings (SSSR count). The van der Waals surface area contributed by atoms with Crippen LogP contribution >= 0.6 is 22.7 Å². The number of nitrogens with zero attached hydrogens (tertiary/aromatic N) is 2. The molecule has 0 bridgehead atoms. The van der Waals surface area contributed by atoms with Crippen LogP contribution in [0.15, 0.2) is 41.2 Å². The molecule has 5 heteroatoms. The Balaban J connectivity index is 1.66. The van der Waals surface area contributed by atoms with Crippen molar-refractivity contribution < 1.29 is 4.79 Å². The zero-order valence-electron chi connectivity index (χ0n) is 11.4. The molecule has 1 aromatic carbocycles. The summed E-state index contributed by atoms with van der Waals surface area (Å²) in [6, 6.07) is 10.2. The second-order valence-corrected chi connectivity index (χ2v) is 7.07.